The van der Waals surface area contributed by atoms with Gasteiger partial charge in [0.25, 0.3) is 5.91 Å². The lowest BCUT2D eigenvalue weighted by atomic mass is 10.1. The number of carbonyl (C=O) groups is 1. The number of oxazole rings is 1. The van der Waals surface area contributed by atoms with Gasteiger partial charge in [-0.05, 0) is 19.1 Å². The highest BCUT2D eigenvalue weighted by Crippen LogP contribution is 2.30. The van der Waals surface area contributed by atoms with Crippen LogP contribution in [0.25, 0.3) is 28.5 Å². The van der Waals surface area contributed by atoms with Crippen LogP contribution in [-0.2, 0) is 0 Å². The molecule has 4 aromatic heterocycles. The van der Waals surface area contributed by atoms with Crippen molar-refractivity contribution in [3.05, 3.63) is 48.4 Å². The first-order valence-corrected chi connectivity index (χ1v) is 8.58. The molecule has 4 aromatic rings. The molecule has 0 aliphatic carbocycles. The van der Waals surface area contributed by atoms with Crippen LogP contribution in [0.4, 0.5) is 5.82 Å². The summed E-state index contributed by atoms with van der Waals surface area (Å²) in [5.41, 5.74) is 14.7. The van der Waals surface area contributed by atoms with E-state index in [1.54, 1.807) is 6.20 Å². The molecule has 10 nitrogen and oxygen atoms in total. The summed E-state index contributed by atoms with van der Waals surface area (Å²) in [5.74, 6) is -0.215. The smallest absolute Gasteiger partial charge is 0.273 e. The minimum atomic E-state index is -0.449. The summed E-state index contributed by atoms with van der Waals surface area (Å²) >= 11 is 0. The Hall–Kier alpha value is -3.79. The first-order chi connectivity index (χ1) is 13.6. The zero-order valence-electron chi connectivity index (χ0n) is 15.1. The summed E-state index contributed by atoms with van der Waals surface area (Å²) < 4.78 is 7.31. The molecule has 0 saturated heterocycles. The number of hydrogen-bond donors (Lipinski definition) is 3. The van der Waals surface area contributed by atoms with Crippen molar-refractivity contribution in [2.45, 2.75) is 6.92 Å². The van der Waals surface area contributed by atoms with Crippen LogP contribution in [0.3, 0.4) is 0 Å². The van der Waals surface area contributed by atoms with Crippen LogP contribution in [0.15, 0.2) is 41.4 Å². The SMILES string of the molecule is Cc1cnc2ccc(-c3nc(C(=O)NCCN)c(N)nc3-c3ncco3)cn12. The number of fused-ring (bicyclic) bond motifs is 1. The molecule has 0 atom stereocenters. The van der Waals surface area contributed by atoms with E-state index in [1.807, 2.05) is 29.7 Å². The van der Waals surface area contributed by atoms with E-state index in [4.69, 9.17) is 15.9 Å². The van der Waals surface area contributed by atoms with E-state index in [2.05, 4.69) is 25.3 Å². The molecule has 0 spiro atoms. The standard InChI is InChI=1S/C18H18N8O2/c1-10-8-23-12-3-2-11(9-26(10)12)13-14(18-22-6-7-28-18)25-16(20)15(24-13)17(27)21-5-4-19/h2-3,6-9H,4-5,19H2,1H3,(H2,20,25)(H,21,27). The Labute approximate surface area is 159 Å². The predicted molar refractivity (Wildman–Crippen MR) is 102 cm³/mol. The van der Waals surface area contributed by atoms with Crippen LogP contribution >= 0.6 is 0 Å². The Kier molecular flexibility index (Phi) is 4.45. The monoisotopic (exact) mass is 378 g/mol. The summed E-state index contributed by atoms with van der Waals surface area (Å²) in [6, 6.07) is 3.70. The number of anilines is 1. The van der Waals surface area contributed by atoms with Crippen LogP contribution in [-0.4, -0.2) is 43.3 Å². The highest BCUT2D eigenvalue weighted by molar-refractivity contribution is 5.97. The van der Waals surface area contributed by atoms with Crippen molar-refractivity contribution in [3.63, 3.8) is 0 Å². The Balaban J connectivity index is 1.91. The van der Waals surface area contributed by atoms with Crippen molar-refractivity contribution in [2.75, 3.05) is 18.8 Å². The van der Waals surface area contributed by atoms with Crippen LogP contribution in [0.5, 0.6) is 0 Å². The molecule has 10 heteroatoms. The number of rotatable bonds is 5. The number of nitrogen functional groups attached to an aromatic ring is 1. The number of carbonyl (C=O) groups excluding carboxylic acids is 1. The molecule has 5 N–H and O–H groups in total. The molecule has 0 unspecified atom stereocenters. The summed E-state index contributed by atoms with van der Waals surface area (Å²) in [6.45, 7) is 2.55. The number of imidazole rings is 1. The molecule has 0 saturated carbocycles. The Morgan fingerprint density at radius 2 is 2.11 bits per heavy atom. The van der Waals surface area contributed by atoms with Gasteiger partial charge in [0.1, 0.15) is 17.6 Å². The molecular weight excluding hydrogens is 360 g/mol. The number of nitrogens with one attached hydrogen (secondary N) is 1. The lowest BCUT2D eigenvalue weighted by Crippen LogP contribution is -2.30. The first kappa shape index (κ1) is 17.6. The highest BCUT2D eigenvalue weighted by Gasteiger charge is 2.22. The van der Waals surface area contributed by atoms with Crippen LogP contribution in [0, 0.1) is 6.92 Å². The normalized spacial score (nSPS) is 11.1. The molecular formula is C18H18N8O2. The molecule has 0 bridgehead atoms. The zero-order valence-corrected chi connectivity index (χ0v) is 15.1. The number of nitrogens with two attached hydrogens (primary N) is 2. The predicted octanol–water partition coefficient (Wildman–Crippen LogP) is 1.03. The van der Waals surface area contributed by atoms with Crippen LogP contribution in [0.1, 0.15) is 16.2 Å². The number of hydrogen-bond acceptors (Lipinski definition) is 8. The minimum Gasteiger partial charge on any atom is -0.443 e. The van der Waals surface area contributed by atoms with Gasteiger partial charge in [-0.25, -0.2) is 19.9 Å². The maximum atomic E-state index is 12.4. The number of aromatic nitrogens is 5. The number of pyridine rings is 1. The van der Waals surface area contributed by atoms with E-state index in [1.165, 1.54) is 12.5 Å². The van der Waals surface area contributed by atoms with Crippen molar-refractivity contribution in [2.24, 2.45) is 5.73 Å². The van der Waals surface area contributed by atoms with E-state index in [0.29, 0.717) is 30.0 Å². The van der Waals surface area contributed by atoms with Gasteiger partial charge >= 0.3 is 0 Å². The molecule has 0 fully saturated rings. The van der Waals surface area contributed by atoms with Crippen LogP contribution < -0.4 is 16.8 Å². The second-order valence-electron chi connectivity index (χ2n) is 6.08. The summed E-state index contributed by atoms with van der Waals surface area (Å²) in [6.07, 6.45) is 6.57. The molecule has 4 rings (SSSR count). The average Bonchev–Trinajstić information content (AvgIpc) is 3.36. The number of amides is 1. The molecule has 4 heterocycles. The third-order valence-corrected chi connectivity index (χ3v) is 4.17. The van der Waals surface area contributed by atoms with E-state index in [0.717, 1.165) is 11.3 Å². The Morgan fingerprint density at radius 3 is 2.86 bits per heavy atom. The number of aryl methyl sites for hydroxylation is 1. The highest BCUT2D eigenvalue weighted by atomic mass is 16.3. The molecule has 0 radical (unpaired) electrons. The van der Waals surface area contributed by atoms with Gasteiger partial charge in [0.05, 0.1) is 6.20 Å². The van der Waals surface area contributed by atoms with Gasteiger partial charge in [-0.2, -0.15) is 0 Å². The van der Waals surface area contributed by atoms with E-state index in [-0.39, 0.29) is 17.4 Å². The molecule has 0 aromatic carbocycles. The van der Waals surface area contributed by atoms with Gasteiger partial charge in [-0.3, -0.25) is 4.79 Å². The van der Waals surface area contributed by atoms with Crippen molar-refractivity contribution < 1.29 is 9.21 Å². The quantitative estimate of drug-likeness (QED) is 0.466. The van der Waals surface area contributed by atoms with Crippen molar-refractivity contribution in [1.29, 1.82) is 0 Å². The van der Waals surface area contributed by atoms with Gasteiger partial charge in [-0.15, -0.1) is 0 Å². The first-order valence-electron chi connectivity index (χ1n) is 8.58. The van der Waals surface area contributed by atoms with Crippen molar-refractivity contribution in [3.8, 4) is 22.8 Å². The molecule has 0 aliphatic heterocycles. The minimum absolute atomic E-state index is 0.0150. The maximum absolute atomic E-state index is 12.4. The largest absolute Gasteiger partial charge is 0.443 e. The third kappa shape index (κ3) is 3.05. The Bertz CT molecular complexity index is 1150. The van der Waals surface area contributed by atoms with E-state index < -0.39 is 5.91 Å². The van der Waals surface area contributed by atoms with Gasteiger partial charge in [-0.1, -0.05) is 0 Å². The number of nitrogens with zero attached hydrogens (tertiary/aromatic N) is 5. The summed E-state index contributed by atoms with van der Waals surface area (Å²) in [5, 5.41) is 2.66. The third-order valence-electron chi connectivity index (χ3n) is 4.17. The molecule has 0 aliphatic rings. The van der Waals surface area contributed by atoms with Crippen molar-refractivity contribution >= 4 is 17.4 Å². The van der Waals surface area contributed by atoms with Gasteiger partial charge in [0.2, 0.25) is 5.89 Å². The van der Waals surface area contributed by atoms with Crippen molar-refractivity contribution in [1.82, 2.24) is 29.7 Å². The maximum Gasteiger partial charge on any atom is 0.273 e. The van der Waals surface area contributed by atoms with Crippen LogP contribution in [0.2, 0.25) is 0 Å². The summed E-state index contributed by atoms with van der Waals surface area (Å²) in [7, 11) is 0. The topological polar surface area (TPSA) is 150 Å². The second-order valence-corrected chi connectivity index (χ2v) is 6.08. The van der Waals surface area contributed by atoms with E-state index in [9.17, 15) is 4.79 Å². The van der Waals surface area contributed by atoms with Gasteiger partial charge in [0, 0.05) is 36.7 Å². The molecule has 28 heavy (non-hydrogen) atoms. The fourth-order valence-corrected chi connectivity index (χ4v) is 2.82. The molecule has 1 amide bonds. The lowest BCUT2D eigenvalue weighted by Gasteiger charge is -2.11. The lowest BCUT2D eigenvalue weighted by molar-refractivity contribution is 0.0950. The fraction of sp³-hybridized carbons (Fsp3) is 0.167. The fourth-order valence-electron chi connectivity index (χ4n) is 2.82. The average molecular weight is 378 g/mol. The zero-order chi connectivity index (χ0) is 19.7. The molecule has 142 valence electrons. The van der Waals surface area contributed by atoms with E-state index >= 15 is 0 Å². The summed E-state index contributed by atoms with van der Waals surface area (Å²) in [4.78, 5) is 29.7. The second kappa shape index (κ2) is 7.08. The van der Waals surface area contributed by atoms with Gasteiger partial charge in [0.15, 0.2) is 17.2 Å². The van der Waals surface area contributed by atoms with Gasteiger partial charge < -0.3 is 25.6 Å². The Morgan fingerprint density at radius 1 is 1.25 bits per heavy atom.